The van der Waals surface area contributed by atoms with Crippen LogP contribution in [0.15, 0.2) is 24.3 Å². The van der Waals surface area contributed by atoms with Gasteiger partial charge < -0.3 is 11.1 Å². The summed E-state index contributed by atoms with van der Waals surface area (Å²) in [4.78, 5) is 11.0. The van der Waals surface area contributed by atoms with Crippen LogP contribution in [-0.4, -0.2) is 15.7 Å². The predicted octanol–water partition coefficient (Wildman–Crippen LogP) is 1.83. The number of hydrogen-bond acceptors (Lipinski definition) is 3. The highest BCUT2D eigenvalue weighted by Gasteiger charge is 2.11. The number of benzene rings is 1. The van der Waals surface area contributed by atoms with Gasteiger partial charge in [0.05, 0.1) is 0 Å². The summed E-state index contributed by atoms with van der Waals surface area (Å²) < 4.78 is 27.7. The zero-order chi connectivity index (χ0) is 14.0. The van der Waals surface area contributed by atoms with Crippen LogP contribution in [0.1, 0.15) is 16.1 Å². The first-order chi connectivity index (χ1) is 8.99. The molecule has 0 bridgehead atoms. The second-order valence-electron chi connectivity index (χ2n) is 3.97. The fourth-order valence-electron chi connectivity index (χ4n) is 1.66. The van der Waals surface area contributed by atoms with Gasteiger partial charge in [-0.15, -0.1) is 12.4 Å². The van der Waals surface area contributed by atoms with Gasteiger partial charge in [0.15, 0.2) is 11.6 Å². The number of anilines is 1. The molecule has 0 aliphatic heterocycles. The van der Waals surface area contributed by atoms with Crippen molar-refractivity contribution in [1.29, 1.82) is 0 Å². The zero-order valence-corrected chi connectivity index (χ0v) is 11.4. The molecule has 1 aromatic heterocycles. The van der Waals surface area contributed by atoms with Crippen LogP contribution < -0.4 is 11.1 Å². The Balaban J connectivity index is 0.00000200. The lowest BCUT2D eigenvalue weighted by atomic mass is 10.2. The Morgan fingerprint density at radius 3 is 2.75 bits per heavy atom. The highest BCUT2D eigenvalue weighted by Crippen LogP contribution is 2.14. The highest BCUT2D eigenvalue weighted by molar-refractivity contribution is 5.91. The summed E-state index contributed by atoms with van der Waals surface area (Å²) in [6.45, 7) is 0.0544. The van der Waals surface area contributed by atoms with Gasteiger partial charge in [0.2, 0.25) is 0 Å². The molecule has 1 aromatic carbocycles. The molecule has 2 rings (SSSR count). The van der Waals surface area contributed by atoms with Crippen molar-refractivity contribution in [2.75, 3.05) is 5.32 Å². The molecule has 108 valence electrons. The van der Waals surface area contributed by atoms with Crippen LogP contribution in [0, 0.1) is 11.6 Å². The summed E-state index contributed by atoms with van der Waals surface area (Å²) in [5.74, 6) is -2.06. The lowest BCUT2D eigenvalue weighted by molar-refractivity contribution is 0.0991. The Bertz CT molecular complexity index is 630. The van der Waals surface area contributed by atoms with Crippen molar-refractivity contribution in [3.63, 3.8) is 0 Å². The zero-order valence-electron chi connectivity index (χ0n) is 10.6. The average Bonchev–Trinajstić information content (AvgIpc) is 2.73. The predicted molar refractivity (Wildman–Crippen MR) is 72.7 cm³/mol. The molecule has 3 N–H and O–H groups in total. The molecule has 0 fully saturated rings. The van der Waals surface area contributed by atoms with Crippen LogP contribution in [0.3, 0.4) is 0 Å². The molecule has 8 heteroatoms. The number of nitrogens with zero attached hydrogens (tertiary/aromatic N) is 2. The summed E-state index contributed by atoms with van der Waals surface area (Å²) >= 11 is 0. The van der Waals surface area contributed by atoms with Crippen molar-refractivity contribution in [2.24, 2.45) is 12.8 Å². The van der Waals surface area contributed by atoms with E-state index < -0.39 is 17.5 Å². The normalized spacial score (nSPS) is 9.95. The number of carbonyl (C=O) groups excluding carboxylic acids is 1. The maximum Gasteiger partial charge on any atom is 0.267 e. The fourth-order valence-corrected chi connectivity index (χ4v) is 1.66. The average molecular weight is 303 g/mol. The van der Waals surface area contributed by atoms with Crippen molar-refractivity contribution >= 4 is 24.1 Å². The van der Waals surface area contributed by atoms with Crippen LogP contribution in [-0.2, 0) is 13.6 Å². The number of halogens is 3. The molecule has 1 amide bonds. The third kappa shape index (κ3) is 3.24. The molecule has 0 aliphatic rings. The van der Waals surface area contributed by atoms with Crippen molar-refractivity contribution in [3.8, 4) is 0 Å². The van der Waals surface area contributed by atoms with E-state index in [0.717, 1.165) is 6.07 Å². The Hall–Kier alpha value is -2.15. The van der Waals surface area contributed by atoms with Gasteiger partial charge in [0.1, 0.15) is 11.5 Å². The van der Waals surface area contributed by atoms with Crippen LogP contribution in [0.4, 0.5) is 14.6 Å². The first-order valence-electron chi connectivity index (χ1n) is 5.49. The first kappa shape index (κ1) is 15.9. The van der Waals surface area contributed by atoms with E-state index >= 15 is 0 Å². The van der Waals surface area contributed by atoms with Crippen LogP contribution >= 0.6 is 12.4 Å². The van der Waals surface area contributed by atoms with Crippen molar-refractivity contribution in [1.82, 2.24) is 9.78 Å². The van der Waals surface area contributed by atoms with Gasteiger partial charge in [0, 0.05) is 25.2 Å². The molecule has 0 unspecified atom stereocenters. The molecule has 0 saturated carbocycles. The van der Waals surface area contributed by atoms with Gasteiger partial charge in [0.25, 0.3) is 5.91 Å². The Kier molecular flexibility index (Phi) is 5.04. The van der Waals surface area contributed by atoms with Gasteiger partial charge >= 0.3 is 0 Å². The molecule has 20 heavy (non-hydrogen) atoms. The van der Waals surface area contributed by atoms with Gasteiger partial charge in [-0.2, -0.15) is 5.10 Å². The lowest BCUT2D eigenvalue weighted by Gasteiger charge is -2.04. The minimum absolute atomic E-state index is 0. The molecular weight excluding hydrogens is 290 g/mol. The molecule has 0 radical (unpaired) electrons. The number of aryl methyl sites for hydroxylation is 1. The van der Waals surface area contributed by atoms with Crippen LogP contribution in [0.25, 0.3) is 0 Å². The summed E-state index contributed by atoms with van der Waals surface area (Å²) in [7, 11) is 1.56. The molecule has 0 spiro atoms. The maximum absolute atomic E-state index is 13.4. The summed E-state index contributed by atoms with van der Waals surface area (Å²) in [5, 5.41) is 6.79. The van der Waals surface area contributed by atoms with Crippen molar-refractivity contribution in [2.45, 2.75) is 6.54 Å². The van der Waals surface area contributed by atoms with Gasteiger partial charge in [-0.25, -0.2) is 8.78 Å². The topological polar surface area (TPSA) is 72.9 Å². The molecule has 0 saturated heterocycles. The lowest BCUT2D eigenvalue weighted by Crippen LogP contribution is -2.15. The molecule has 0 aliphatic carbocycles. The number of nitrogens with two attached hydrogens (primary N) is 1. The smallest absolute Gasteiger partial charge is 0.267 e. The van der Waals surface area contributed by atoms with E-state index in [1.165, 1.54) is 22.9 Å². The number of hydrogen-bond donors (Lipinski definition) is 2. The maximum atomic E-state index is 13.4. The third-order valence-electron chi connectivity index (χ3n) is 2.62. The van der Waals surface area contributed by atoms with E-state index in [1.807, 2.05) is 0 Å². The van der Waals surface area contributed by atoms with Gasteiger partial charge in [-0.05, 0) is 6.07 Å². The van der Waals surface area contributed by atoms with E-state index in [4.69, 9.17) is 5.73 Å². The standard InChI is InChI=1S/C12H12F2N4O.ClH/c1-18-9(12(15)19)5-10(17-18)16-6-7-3-2-4-8(13)11(7)14;/h2-5H,6H2,1H3,(H2,15,19)(H,16,17);1H. The minimum Gasteiger partial charge on any atom is -0.364 e. The molecule has 0 atom stereocenters. The fraction of sp³-hybridized carbons (Fsp3) is 0.167. The second kappa shape index (κ2) is 6.33. The van der Waals surface area contributed by atoms with Crippen molar-refractivity contribution < 1.29 is 13.6 Å². The number of amides is 1. The Morgan fingerprint density at radius 2 is 2.15 bits per heavy atom. The number of nitrogens with one attached hydrogen (secondary N) is 1. The Labute approximate surface area is 120 Å². The highest BCUT2D eigenvalue weighted by atomic mass is 35.5. The van der Waals surface area contributed by atoms with Gasteiger partial charge in [-0.3, -0.25) is 9.48 Å². The van der Waals surface area contributed by atoms with Crippen LogP contribution in [0.2, 0.25) is 0 Å². The minimum atomic E-state index is -0.904. The molecule has 1 heterocycles. The molecule has 2 aromatic rings. The first-order valence-corrected chi connectivity index (χ1v) is 5.49. The van der Waals surface area contributed by atoms with E-state index in [0.29, 0.717) is 5.82 Å². The van der Waals surface area contributed by atoms with Crippen molar-refractivity contribution in [3.05, 3.63) is 47.2 Å². The van der Waals surface area contributed by atoms with Gasteiger partial charge in [-0.1, -0.05) is 12.1 Å². The SMILES string of the molecule is Cl.Cn1nc(NCc2cccc(F)c2F)cc1C(N)=O. The summed E-state index contributed by atoms with van der Waals surface area (Å²) in [5.41, 5.74) is 5.54. The monoisotopic (exact) mass is 302 g/mol. The number of aromatic nitrogens is 2. The van der Waals surface area contributed by atoms with E-state index in [9.17, 15) is 13.6 Å². The number of carbonyl (C=O) groups is 1. The molecule has 5 nitrogen and oxygen atoms in total. The van der Waals surface area contributed by atoms with E-state index in [2.05, 4.69) is 10.4 Å². The largest absolute Gasteiger partial charge is 0.364 e. The van der Waals surface area contributed by atoms with Crippen LogP contribution in [0.5, 0.6) is 0 Å². The number of rotatable bonds is 4. The summed E-state index contributed by atoms with van der Waals surface area (Å²) in [6.07, 6.45) is 0. The third-order valence-corrected chi connectivity index (χ3v) is 2.62. The summed E-state index contributed by atoms with van der Waals surface area (Å²) in [6, 6.07) is 5.37. The van der Waals surface area contributed by atoms with E-state index in [1.54, 1.807) is 7.05 Å². The second-order valence-corrected chi connectivity index (χ2v) is 3.97. The molecular formula is C12H13ClF2N4O. The quantitative estimate of drug-likeness (QED) is 0.905. The van der Waals surface area contributed by atoms with E-state index in [-0.39, 0.29) is 30.2 Å². The Morgan fingerprint density at radius 1 is 1.45 bits per heavy atom. The number of primary amides is 1.